The summed E-state index contributed by atoms with van der Waals surface area (Å²) in [4.78, 5) is 8.48. The molecule has 266 valence electrons. The van der Waals surface area contributed by atoms with E-state index in [1.165, 1.54) is 108 Å². The van der Waals surface area contributed by atoms with Gasteiger partial charge in [-0.15, -0.1) is 0 Å². The average molecular weight is 1030 g/mol. The van der Waals surface area contributed by atoms with Crippen molar-refractivity contribution in [2.75, 3.05) is 0 Å². The van der Waals surface area contributed by atoms with E-state index in [2.05, 4.69) is 75.6 Å². The van der Waals surface area contributed by atoms with Crippen molar-refractivity contribution in [3.8, 4) is 0 Å². The third-order valence-electron chi connectivity index (χ3n) is 7.51. The van der Waals surface area contributed by atoms with Crippen LogP contribution in [0.1, 0.15) is 127 Å². The van der Waals surface area contributed by atoms with E-state index < -0.39 is 7.12 Å². The van der Waals surface area contributed by atoms with Gasteiger partial charge in [0.05, 0.1) is 0 Å². The molecule has 0 atom stereocenters. The van der Waals surface area contributed by atoms with Gasteiger partial charge < -0.3 is 39.8 Å². The van der Waals surface area contributed by atoms with Crippen LogP contribution in [0.25, 0.3) is 0 Å². The fraction of sp³-hybridized carbons (Fsp3) is 0.588. The van der Waals surface area contributed by atoms with Gasteiger partial charge in [0.15, 0.2) is 5.70 Å². The minimum atomic E-state index is -1.06. The van der Waals surface area contributed by atoms with Crippen LogP contribution in [-0.4, -0.2) is 32.8 Å². The first kappa shape index (κ1) is 59.7. The summed E-state index contributed by atoms with van der Waals surface area (Å²) in [6.45, 7) is 0. The molecule has 0 amide bonds. The first-order valence-electron chi connectivity index (χ1n) is 14.9. The number of halogens is 4. The SMILES string of the molecule is Brc1cccc(Br)n1.Brc1cccc(C2CCCC2)n1.C1CCCC1.C1CCCC1.OB(O)C1CCCC1.[B]I.[CH3-].[CH3-].[CH3-].[CH3-].[Fe+2].[Fe+2]. The topological polar surface area (TPSA) is 66.2 Å². The molecule has 2 heterocycles. The number of hydrogen-bond acceptors (Lipinski definition) is 4. The van der Waals surface area contributed by atoms with Gasteiger partial charge in [0.2, 0.25) is 0 Å². The Balaban J connectivity index is -0.000000107. The monoisotopic (exact) mass is 1020 g/mol. The van der Waals surface area contributed by atoms with Gasteiger partial charge in [-0.1, -0.05) is 115 Å². The molecule has 0 aromatic carbocycles. The third-order valence-corrected chi connectivity index (χ3v) is 8.84. The Morgan fingerprint density at radius 1 is 0.543 bits per heavy atom. The molecule has 2 aromatic rings. The summed E-state index contributed by atoms with van der Waals surface area (Å²) in [5.41, 5.74) is 5.74. The Hall–Kier alpha value is 1.56. The van der Waals surface area contributed by atoms with E-state index in [0.29, 0.717) is 0 Å². The molecule has 4 fully saturated rings. The van der Waals surface area contributed by atoms with Gasteiger partial charge in [0.25, 0.3) is 0 Å². The molecule has 2 aromatic heterocycles. The molecule has 0 aliphatic heterocycles. The van der Waals surface area contributed by atoms with Gasteiger partial charge in [-0.2, -0.15) is 22.4 Å². The smallest absolute Gasteiger partial charge is 0.427 e. The quantitative estimate of drug-likeness (QED) is 0.136. The van der Waals surface area contributed by atoms with Crippen LogP contribution in [0.5, 0.6) is 0 Å². The van der Waals surface area contributed by atoms with E-state index in [1.54, 1.807) is 22.4 Å². The first-order valence-corrected chi connectivity index (χ1v) is 18.6. The van der Waals surface area contributed by atoms with Crippen LogP contribution >= 0.6 is 70.2 Å². The van der Waals surface area contributed by atoms with Gasteiger partial charge in [-0.05, 0) is 90.7 Å². The molecule has 0 spiro atoms. The Bertz CT molecular complexity index is 837. The zero-order valence-corrected chi connectivity index (χ0v) is 37.6. The molecule has 4 nitrogen and oxygen atoms in total. The van der Waals surface area contributed by atoms with Crippen molar-refractivity contribution in [3.63, 3.8) is 0 Å². The number of nitrogens with zero attached hydrogens (tertiary/aromatic N) is 2. The second-order valence-electron chi connectivity index (χ2n) is 10.6. The van der Waals surface area contributed by atoms with Gasteiger partial charge in [0.1, 0.15) is 13.8 Å². The summed E-state index contributed by atoms with van der Waals surface area (Å²) in [7, 11) is -1.06. The zero-order valence-electron chi connectivity index (χ0n) is 28.5. The van der Waals surface area contributed by atoms with E-state index >= 15 is 0 Å². The Labute approximate surface area is 346 Å². The van der Waals surface area contributed by atoms with E-state index in [4.69, 9.17) is 10.0 Å². The minimum Gasteiger partial charge on any atom is -0.427 e. The molecular weight excluding hydrogens is 968 g/mol. The second kappa shape index (κ2) is 41.0. The van der Waals surface area contributed by atoms with E-state index in [-0.39, 0.29) is 69.7 Å². The van der Waals surface area contributed by atoms with Crippen LogP contribution in [0.15, 0.2) is 50.2 Å². The van der Waals surface area contributed by atoms with Gasteiger partial charge >= 0.3 is 41.3 Å². The summed E-state index contributed by atoms with van der Waals surface area (Å²) in [6.07, 6.45) is 24.7. The summed E-state index contributed by atoms with van der Waals surface area (Å²) in [5, 5.41) is 17.2. The summed E-state index contributed by atoms with van der Waals surface area (Å²) < 4.78 is 2.67. The molecule has 4 aliphatic rings. The van der Waals surface area contributed by atoms with Crippen molar-refractivity contribution in [1.82, 2.24) is 9.97 Å². The first-order chi connectivity index (χ1) is 19.5. The Kier molecular flexibility index (Phi) is 53.2. The van der Waals surface area contributed by atoms with Crippen LogP contribution in [0.2, 0.25) is 5.82 Å². The van der Waals surface area contributed by atoms with Gasteiger partial charge in [0, 0.05) is 11.6 Å². The van der Waals surface area contributed by atoms with Crippen LogP contribution in [0.3, 0.4) is 0 Å². The minimum absolute atomic E-state index is 0. The summed E-state index contributed by atoms with van der Waals surface area (Å²) >= 11 is 11.5. The van der Waals surface area contributed by atoms with Crippen molar-refractivity contribution >= 4 is 83.0 Å². The molecular formula is C34H58B2Br3Fe2IN2O2. The summed E-state index contributed by atoms with van der Waals surface area (Å²) in [5.74, 6) is 0.900. The molecule has 2 radical (unpaired) electrons. The molecule has 46 heavy (non-hydrogen) atoms. The third kappa shape index (κ3) is 31.5. The maximum absolute atomic E-state index is 8.61. The van der Waals surface area contributed by atoms with Gasteiger partial charge in [-0.3, -0.25) is 0 Å². The van der Waals surface area contributed by atoms with Gasteiger partial charge in [-0.25, -0.2) is 9.97 Å². The van der Waals surface area contributed by atoms with Crippen molar-refractivity contribution in [2.45, 2.75) is 127 Å². The number of aromatic nitrogens is 2. The maximum Gasteiger partial charge on any atom is 2.00 e. The van der Waals surface area contributed by atoms with E-state index in [0.717, 1.165) is 32.6 Å². The predicted octanol–water partition coefficient (Wildman–Crippen LogP) is 12.7. The van der Waals surface area contributed by atoms with Crippen molar-refractivity contribution in [1.29, 1.82) is 0 Å². The number of pyridine rings is 2. The van der Waals surface area contributed by atoms with Crippen molar-refractivity contribution in [3.05, 3.63) is 85.6 Å². The Morgan fingerprint density at radius 2 is 0.848 bits per heavy atom. The molecule has 0 unspecified atom stereocenters. The fourth-order valence-corrected chi connectivity index (χ4v) is 6.56. The normalized spacial score (nSPS) is 15.5. The van der Waals surface area contributed by atoms with Crippen LogP contribution in [0.4, 0.5) is 0 Å². The molecule has 4 aliphatic carbocycles. The molecule has 0 saturated heterocycles. The van der Waals surface area contributed by atoms with Crippen LogP contribution in [-0.2, 0) is 34.1 Å². The predicted molar refractivity (Wildman–Crippen MR) is 217 cm³/mol. The van der Waals surface area contributed by atoms with E-state index in [1.807, 2.05) is 24.3 Å². The molecule has 2 N–H and O–H groups in total. The zero-order chi connectivity index (χ0) is 29.4. The fourth-order valence-electron chi connectivity index (χ4n) is 5.28. The van der Waals surface area contributed by atoms with Crippen LogP contribution < -0.4 is 0 Å². The molecule has 4 saturated carbocycles. The summed E-state index contributed by atoms with van der Waals surface area (Å²) in [6, 6.07) is 11.9. The maximum atomic E-state index is 8.61. The molecule has 6 rings (SSSR count). The Morgan fingerprint density at radius 3 is 1.11 bits per heavy atom. The molecule has 12 heteroatoms. The largest absolute Gasteiger partial charge is 2.00 e. The number of rotatable bonds is 2. The standard InChI is InChI=1S/C10H12BrN.C5H11BO2.C5H3Br2N.2C5H10.4CH3.BI.2Fe/c11-10-7-3-6-9(12-10)8-4-1-2-5-8;7-6(8)5-3-1-2-4-5;6-4-2-1-3-5(7)8-4;2*1-2-4-5-3-1;;;;;1-2;;/h3,6-8H,1-2,4-5H2;5,7-8H,1-4H2;1-3H;2*1-5H2;4*1H3;;;/q;;;;;4*-1;;2*+2. The second-order valence-corrected chi connectivity index (χ2v) is 13.1. The van der Waals surface area contributed by atoms with Crippen molar-refractivity contribution < 1.29 is 44.2 Å². The van der Waals surface area contributed by atoms with Crippen LogP contribution in [0, 0.1) is 29.7 Å². The average Bonchev–Trinajstić information content (AvgIpc) is 3.80. The van der Waals surface area contributed by atoms with E-state index in [9.17, 15) is 0 Å². The number of hydrogen-bond donors (Lipinski definition) is 2. The molecule has 0 bridgehead atoms. The van der Waals surface area contributed by atoms with Crippen molar-refractivity contribution in [2.24, 2.45) is 0 Å².